The Morgan fingerprint density at radius 1 is 1.13 bits per heavy atom. The van der Waals surface area contributed by atoms with Crippen molar-refractivity contribution in [2.45, 2.75) is 57.0 Å². The number of hydrogen-bond donors (Lipinski definition) is 1. The molecule has 1 N–H and O–H groups in total. The minimum atomic E-state index is -1.16. The molecule has 1 aromatic carbocycles. The third-order valence-corrected chi connectivity index (χ3v) is 5.95. The number of benzene rings is 1. The van der Waals surface area contributed by atoms with Crippen LogP contribution in [0, 0.1) is 5.92 Å². The molecule has 3 amide bonds. The maximum atomic E-state index is 13.3. The summed E-state index contributed by atoms with van der Waals surface area (Å²) in [5, 5.41) is 9.32. The number of carbonyl (C=O) groups excluding carboxylic acids is 3. The number of rotatable bonds is 8. The number of hydrogen-bond acceptors (Lipinski definition) is 5. The van der Waals surface area contributed by atoms with Gasteiger partial charge in [-0.3, -0.25) is 9.59 Å². The Morgan fingerprint density at radius 3 is 2.40 bits per heavy atom. The number of methoxy groups -OCH3 is 1. The van der Waals surface area contributed by atoms with Crippen molar-refractivity contribution < 1.29 is 29.0 Å². The predicted molar refractivity (Wildman–Crippen MR) is 108 cm³/mol. The average Bonchev–Trinajstić information content (AvgIpc) is 2.96. The van der Waals surface area contributed by atoms with Gasteiger partial charge in [-0.25, -0.2) is 14.5 Å². The van der Waals surface area contributed by atoms with Gasteiger partial charge in [-0.15, -0.1) is 0 Å². The maximum absolute atomic E-state index is 13.3. The summed E-state index contributed by atoms with van der Waals surface area (Å²) in [6.07, 6.45) is 4.80. The van der Waals surface area contributed by atoms with Gasteiger partial charge in [0.2, 0.25) is 0 Å². The van der Waals surface area contributed by atoms with Crippen LogP contribution >= 0.6 is 0 Å². The summed E-state index contributed by atoms with van der Waals surface area (Å²) in [6, 6.07) is 6.20. The summed E-state index contributed by atoms with van der Waals surface area (Å²) in [6.45, 7) is 0.332. The van der Waals surface area contributed by atoms with Crippen molar-refractivity contribution in [3.63, 3.8) is 0 Å². The highest BCUT2D eigenvalue weighted by molar-refractivity contribution is 6.08. The quantitative estimate of drug-likeness (QED) is 0.516. The number of carboxylic acid groups (broad SMARTS) is 1. The zero-order valence-electron chi connectivity index (χ0n) is 17.2. The van der Waals surface area contributed by atoms with Gasteiger partial charge < -0.3 is 14.7 Å². The topological polar surface area (TPSA) is 104 Å². The standard InChI is InChI=1S/C22H28N2O6/c1-30-21(28)18(12-15-8-4-2-5-9-15)24-20(27)17(13-19(25)26)23(22(24)29)14-16-10-6-3-7-11-16/h2,4-5,8-9,16-18H,3,6-7,10-14H2,1H3,(H,25,26)/t17-,18-/m0/s1. The molecule has 2 fully saturated rings. The molecule has 0 aromatic heterocycles. The van der Waals surface area contributed by atoms with Gasteiger partial charge in [-0.1, -0.05) is 49.6 Å². The number of aliphatic carboxylic acids is 1. The molecule has 2 atom stereocenters. The van der Waals surface area contributed by atoms with Crippen molar-refractivity contribution in [3.05, 3.63) is 35.9 Å². The number of ether oxygens (including phenoxy) is 1. The number of carbonyl (C=O) groups is 4. The van der Waals surface area contributed by atoms with Gasteiger partial charge in [0.25, 0.3) is 5.91 Å². The van der Waals surface area contributed by atoms with Crippen LogP contribution in [0.5, 0.6) is 0 Å². The van der Waals surface area contributed by atoms with Crippen molar-refractivity contribution >= 4 is 23.9 Å². The van der Waals surface area contributed by atoms with Crippen molar-refractivity contribution in [2.75, 3.05) is 13.7 Å². The molecule has 1 aliphatic heterocycles. The van der Waals surface area contributed by atoms with Crippen molar-refractivity contribution in [2.24, 2.45) is 5.92 Å². The first-order valence-corrected chi connectivity index (χ1v) is 10.4. The molecule has 1 saturated heterocycles. The summed E-state index contributed by atoms with van der Waals surface area (Å²) < 4.78 is 4.88. The van der Waals surface area contributed by atoms with Crippen molar-refractivity contribution in [3.8, 4) is 0 Å². The molecule has 2 aliphatic rings. The molecule has 3 rings (SSSR count). The summed E-state index contributed by atoms with van der Waals surface area (Å²) in [7, 11) is 1.21. The highest BCUT2D eigenvalue weighted by Gasteiger charge is 2.51. The van der Waals surface area contributed by atoms with E-state index in [1.807, 2.05) is 6.07 Å². The Hall–Kier alpha value is -2.90. The molecular weight excluding hydrogens is 388 g/mol. The van der Waals surface area contributed by atoms with Crippen LogP contribution in [0.2, 0.25) is 0 Å². The van der Waals surface area contributed by atoms with E-state index < -0.39 is 42.4 Å². The predicted octanol–water partition coefficient (Wildman–Crippen LogP) is 2.46. The third kappa shape index (κ3) is 4.80. The number of amides is 3. The lowest BCUT2D eigenvalue weighted by atomic mass is 9.88. The van der Waals surface area contributed by atoms with Crippen LogP contribution in [-0.4, -0.2) is 64.5 Å². The lowest BCUT2D eigenvalue weighted by molar-refractivity contribution is -0.150. The van der Waals surface area contributed by atoms with E-state index in [-0.39, 0.29) is 12.3 Å². The van der Waals surface area contributed by atoms with Crippen molar-refractivity contribution in [1.29, 1.82) is 0 Å². The minimum Gasteiger partial charge on any atom is -0.481 e. The second kappa shape index (κ2) is 9.73. The lowest BCUT2D eigenvalue weighted by Crippen LogP contribution is -2.48. The SMILES string of the molecule is COC(=O)[C@H](Cc1ccccc1)N1C(=O)[C@H](CC(=O)O)N(CC2CCCCC2)C1=O. The maximum Gasteiger partial charge on any atom is 0.329 e. The van der Waals surface area contributed by atoms with Gasteiger partial charge in [0.15, 0.2) is 0 Å². The van der Waals surface area contributed by atoms with Gasteiger partial charge in [0, 0.05) is 13.0 Å². The van der Waals surface area contributed by atoms with Crippen LogP contribution in [0.1, 0.15) is 44.1 Å². The van der Waals surface area contributed by atoms with E-state index in [2.05, 4.69) is 0 Å². The average molecular weight is 416 g/mol. The van der Waals surface area contributed by atoms with E-state index in [4.69, 9.17) is 4.74 Å². The molecule has 1 saturated carbocycles. The Bertz CT molecular complexity index is 790. The van der Waals surface area contributed by atoms with Gasteiger partial charge in [0.1, 0.15) is 12.1 Å². The molecule has 0 bridgehead atoms. The number of nitrogens with zero attached hydrogens (tertiary/aromatic N) is 2. The molecule has 30 heavy (non-hydrogen) atoms. The summed E-state index contributed by atoms with van der Waals surface area (Å²) in [4.78, 5) is 52.6. The van der Waals surface area contributed by atoms with Crippen LogP contribution in [0.4, 0.5) is 4.79 Å². The molecular formula is C22H28N2O6. The highest BCUT2D eigenvalue weighted by atomic mass is 16.5. The van der Waals surface area contributed by atoms with Crippen LogP contribution < -0.4 is 0 Å². The monoisotopic (exact) mass is 416 g/mol. The van der Waals surface area contributed by atoms with Crippen LogP contribution in [0.15, 0.2) is 30.3 Å². The largest absolute Gasteiger partial charge is 0.481 e. The Kier molecular flexibility index (Phi) is 7.07. The molecule has 8 heteroatoms. The summed E-state index contributed by atoms with van der Waals surface area (Å²) >= 11 is 0. The molecule has 1 heterocycles. The fourth-order valence-corrected chi connectivity index (χ4v) is 4.42. The Labute approximate surface area is 175 Å². The summed E-state index contributed by atoms with van der Waals surface area (Å²) in [5.41, 5.74) is 0.772. The second-order valence-corrected chi connectivity index (χ2v) is 7.99. The zero-order chi connectivity index (χ0) is 21.7. The molecule has 162 valence electrons. The van der Waals surface area contributed by atoms with E-state index in [0.717, 1.165) is 42.6 Å². The molecule has 0 spiro atoms. The first-order chi connectivity index (χ1) is 14.4. The molecule has 8 nitrogen and oxygen atoms in total. The van der Waals surface area contributed by atoms with Gasteiger partial charge in [-0.05, 0) is 24.3 Å². The fourth-order valence-electron chi connectivity index (χ4n) is 4.42. The van der Waals surface area contributed by atoms with E-state index in [1.54, 1.807) is 24.3 Å². The number of imide groups is 1. The third-order valence-electron chi connectivity index (χ3n) is 5.95. The van der Waals surface area contributed by atoms with Gasteiger partial charge >= 0.3 is 18.0 Å². The second-order valence-electron chi connectivity index (χ2n) is 7.99. The number of esters is 1. The van der Waals surface area contributed by atoms with Crippen LogP contribution in [0.25, 0.3) is 0 Å². The van der Waals surface area contributed by atoms with Gasteiger partial charge in [0.05, 0.1) is 13.5 Å². The normalized spacial score (nSPS) is 21.0. The van der Waals surface area contributed by atoms with Crippen LogP contribution in [0.3, 0.4) is 0 Å². The van der Waals surface area contributed by atoms with E-state index in [1.165, 1.54) is 12.0 Å². The smallest absolute Gasteiger partial charge is 0.329 e. The number of carboxylic acids is 1. The highest BCUT2D eigenvalue weighted by Crippen LogP contribution is 2.30. The first kappa shape index (κ1) is 21.8. The molecule has 0 unspecified atom stereocenters. The van der Waals surface area contributed by atoms with E-state index >= 15 is 0 Å². The first-order valence-electron chi connectivity index (χ1n) is 10.4. The Balaban J connectivity index is 1.88. The minimum absolute atomic E-state index is 0.113. The van der Waals surface area contributed by atoms with E-state index in [9.17, 15) is 24.3 Å². The van der Waals surface area contributed by atoms with Gasteiger partial charge in [-0.2, -0.15) is 0 Å². The molecule has 0 radical (unpaired) electrons. The fraction of sp³-hybridized carbons (Fsp3) is 0.545. The van der Waals surface area contributed by atoms with Crippen LogP contribution in [-0.2, 0) is 25.5 Å². The zero-order valence-corrected chi connectivity index (χ0v) is 17.2. The number of urea groups is 1. The van der Waals surface area contributed by atoms with E-state index in [0.29, 0.717) is 6.54 Å². The molecule has 1 aliphatic carbocycles. The lowest BCUT2D eigenvalue weighted by Gasteiger charge is -2.29. The Morgan fingerprint density at radius 2 is 1.80 bits per heavy atom. The summed E-state index contributed by atoms with van der Waals surface area (Å²) in [5.74, 6) is -2.27. The molecule has 1 aromatic rings. The van der Waals surface area contributed by atoms with Crippen molar-refractivity contribution in [1.82, 2.24) is 9.80 Å².